The Hall–Kier alpha value is 0.569. The fourth-order valence-corrected chi connectivity index (χ4v) is 0. The molecule has 0 aliphatic heterocycles. The summed E-state index contributed by atoms with van der Waals surface area (Å²) in [5.41, 5.74) is 0. The van der Waals surface area contributed by atoms with Gasteiger partial charge in [0.1, 0.15) is 0 Å². The minimum absolute atomic E-state index is 0.333. The van der Waals surface area contributed by atoms with Gasteiger partial charge < -0.3 is 0 Å². The van der Waals surface area contributed by atoms with Crippen molar-refractivity contribution in [1.82, 2.24) is 3.57 Å². The second-order valence-electron chi connectivity index (χ2n) is 0.657. The zero-order valence-electron chi connectivity index (χ0n) is 3.07. The van der Waals surface area contributed by atoms with Crippen molar-refractivity contribution in [1.29, 1.82) is 0 Å². The molecule has 0 fully saturated rings. The van der Waals surface area contributed by atoms with E-state index in [4.69, 9.17) is 4.40 Å². The molecule has 0 unspecified atom stereocenters. The third kappa shape index (κ3) is 4.57. The Kier molecular flexibility index (Phi) is 3.11. The van der Waals surface area contributed by atoms with Gasteiger partial charge in [0.25, 0.3) is 0 Å². The van der Waals surface area contributed by atoms with Crippen molar-refractivity contribution in [2.75, 3.05) is 7.05 Å². The third-order valence-corrected chi connectivity index (χ3v) is 1.20. The van der Waals surface area contributed by atoms with E-state index in [9.17, 15) is 0 Å². The summed E-state index contributed by atoms with van der Waals surface area (Å²) in [6, 6.07) is 0. The number of nitrogens with zero attached hydrogens (tertiary/aromatic N) is 1. The molecule has 0 aliphatic carbocycles. The Labute approximate surface area is 40.8 Å². The molecule has 0 spiro atoms. The monoisotopic (exact) mass is 252 g/mol. The van der Waals surface area contributed by atoms with Gasteiger partial charge in [0.05, 0.1) is 0 Å². The van der Waals surface area contributed by atoms with E-state index in [1.54, 1.807) is 3.57 Å². The van der Waals surface area contributed by atoms with Crippen molar-refractivity contribution in [3.8, 4) is 0 Å². The van der Waals surface area contributed by atoms with Gasteiger partial charge in [0, 0.05) is 0 Å². The average molecular weight is 251 g/mol. The Morgan fingerprint density at radius 1 is 2.00 bits per heavy atom. The van der Waals surface area contributed by atoms with Crippen LogP contribution < -0.4 is 4.40 Å². The molecule has 0 atom stereocenters. The van der Waals surface area contributed by atoms with Gasteiger partial charge in [-0.05, 0) is 0 Å². The van der Waals surface area contributed by atoms with Gasteiger partial charge in [-0.25, -0.2) is 0 Å². The van der Waals surface area contributed by atoms with Crippen LogP contribution in [-0.2, 0) is 18.2 Å². The van der Waals surface area contributed by atoms with Gasteiger partial charge in [-0.3, -0.25) is 0 Å². The first-order valence-corrected chi connectivity index (χ1v) is 3.56. The first-order valence-electron chi connectivity index (χ1n) is 1.10. The predicted octanol–water partition coefficient (Wildman–Crippen LogP) is -0.419. The fourth-order valence-electron chi connectivity index (χ4n) is 0. The Bertz CT molecular complexity index is 21.6. The molecule has 2 N–H and O–H groups in total. The van der Waals surface area contributed by atoms with Gasteiger partial charge in [-0.15, -0.1) is 0 Å². The maximum atomic E-state index is 5.16. The first kappa shape index (κ1) is 5.57. The van der Waals surface area contributed by atoms with Crippen molar-refractivity contribution in [2.45, 2.75) is 0 Å². The van der Waals surface area contributed by atoms with Crippen molar-refractivity contribution >= 4 is 0 Å². The topological polar surface area (TPSA) is 29.3 Å². The maximum absolute atomic E-state index is 5.16. The van der Waals surface area contributed by atoms with Gasteiger partial charge in [0.2, 0.25) is 0 Å². The van der Waals surface area contributed by atoms with E-state index in [2.05, 4.69) is 7.05 Å². The SMILES string of the molecule is [CH2][N](C)[Ir][NH2]. The molecular formula is C2H7IrN2. The Balaban J connectivity index is 2.54. The summed E-state index contributed by atoms with van der Waals surface area (Å²) in [4.78, 5) is 0. The second kappa shape index (κ2) is 2.79. The van der Waals surface area contributed by atoms with E-state index in [-0.39, 0.29) is 18.2 Å². The average Bonchev–Trinajstić information content (AvgIpc) is 1.38. The van der Waals surface area contributed by atoms with Crippen LogP contribution in [0.15, 0.2) is 0 Å². The van der Waals surface area contributed by atoms with Gasteiger partial charge in [0.15, 0.2) is 0 Å². The third-order valence-electron chi connectivity index (χ3n) is 0.147. The number of nitrogens with two attached hydrogens (primary N) is 1. The van der Waals surface area contributed by atoms with E-state index in [1.807, 2.05) is 7.05 Å². The molecular weight excluding hydrogens is 244 g/mol. The molecule has 0 heterocycles. The standard InChI is InChI=1S/C2H5N.Ir.H2N/c1-3-2;;/h1H2,2H3;;1H2/q-1;+2;-1. The number of hydrogen-bond donors (Lipinski definition) is 1. The normalized spacial score (nSPS) is 10.4. The van der Waals surface area contributed by atoms with Crippen LogP contribution in [0.4, 0.5) is 0 Å². The molecule has 0 saturated carbocycles. The molecule has 34 valence electrons. The molecule has 3 heteroatoms. The van der Waals surface area contributed by atoms with Crippen molar-refractivity contribution in [2.24, 2.45) is 4.40 Å². The van der Waals surface area contributed by atoms with Crippen molar-refractivity contribution < 1.29 is 18.2 Å². The van der Waals surface area contributed by atoms with E-state index in [1.165, 1.54) is 0 Å². The second-order valence-corrected chi connectivity index (χ2v) is 3.10. The first-order chi connectivity index (χ1) is 2.27. The van der Waals surface area contributed by atoms with Crippen LogP contribution in [0.5, 0.6) is 0 Å². The quantitative estimate of drug-likeness (QED) is 0.686. The number of hydrogen-bond acceptors (Lipinski definition) is 2. The van der Waals surface area contributed by atoms with E-state index in [0.29, 0.717) is 0 Å². The Morgan fingerprint density at radius 3 is 2.20 bits per heavy atom. The molecule has 2 nitrogen and oxygen atoms in total. The predicted molar refractivity (Wildman–Crippen MR) is 17.3 cm³/mol. The van der Waals surface area contributed by atoms with E-state index in [0.717, 1.165) is 0 Å². The summed E-state index contributed by atoms with van der Waals surface area (Å²) >= 11 is -0.333. The summed E-state index contributed by atoms with van der Waals surface area (Å²) in [5, 5.41) is 0. The number of rotatable bonds is 1. The molecule has 0 aromatic carbocycles. The zero-order chi connectivity index (χ0) is 4.28. The zero-order valence-corrected chi connectivity index (χ0v) is 5.46. The van der Waals surface area contributed by atoms with E-state index < -0.39 is 0 Å². The molecule has 0 bridgehead atoms. The van der Waals surface area contributed by atoms with E-state index >= 15 is 0 Å². The van der Waals surface area contributed by atoms with Crippen LogP contribution in [-0.4, -0.2) is 10.6 Å². The van der Waals surface area contributed by atoms with Crippen LogP contribution in [0.25, 0.3) is 0 Å². The molecule has 0 amide bonds. The van der Waals surface area contributed by atoms with Gasteiger partial charge >= 0.3 is 40.2 Å². The summed E-state index contributed by atoms with van der Waals surface area (Å²) in [5.74, 6) is 0. The molecule has 0 aliphatic rings. The molecule has 1 radical (unpaired) electrons. The summed E-state index contributed by atoms with van der Waals surface area (Å²) < 4.78 is 6.94. The van der Waals surface area contributed by atoms with Crippen LogP contribution in [0.1, 0.15) is 0 Å². The molecule has 5 heavy (non-hydrogen) atoms. The Morgan fingerprint density at radius 2 is 2.20 bits per heavy atom. The van der Waals surface area contributed by atoms with Gasteiger partial charge in [-0.2, -0.15) is 0 Å². The van der Waals surface area contributed by atoms with Crippen LogP contribution in [0.2, 0.25) is 0 Å². The fraction of sp³-hybridized carbons (Fsp3) is 0.500. The minimum atomic E-state index is -0.333. The van der Waals surface area contributed by atoms with Crippen molar-refractivity contribution in [3.05, 3.63) is 7.05 Å². The van der Waals surface area contributed by atoms with Gasteiger partial charge in [-0.1, -0.05) is 0 Å². The molecule has 0 saturated heterocycles. The molecule has 0 aromatic rings. The van der Waals surface area contributed by atoms with Crippen LogP contribution in [0, 0.1) is 7.05 Å². The van der Waals surface area contributed by atoms with Crippen LogP contribution in [0.3, 0.4) is 0 Å². The molecule has 0 aromatic heterocycles. The van der Waals surface area contributed by atoms with Crippen molar-refractivity contribution in [3.63, 3.8) is 0 Å². The summed E-state index contributed by atoms with van der Waals surface area (Å²) in [7, 11) is 5.40. The van der Waals surface area contributed by atoms with Crippen LogP contribution >= 0.6 is 0 Å². The summed E-state index contributed by atoms with van der Waals surface area (Å²) in [6.07, 6.45) is 0. The summed E-state index contributed by atoms with van der Waals surface area (Å²) in [6.45, 7) is 0. The molecule has 0 rings (SSSR count).